The van der Waals surface area contributed by atoms with Gasteiger partial charge in [-0.25, -0.2) is 0 Å². The number of carboxylic acids is 1. The van der Waals surface area contributed by atoms with E-state index in [9.17, 15) is 29.4 Å². The highest BCUT2D eigenvalue weighted by atomic mass is 16.8. The van der Waals surface area contributed by atoms with Gasteiger partial charge in [-0.1, -0.05) is 48.5 Å². The van der Waals surface area contributed by atoms with Crippen LogP contribution in [0.15, 0.2) is 12.2 Å². The van der Waals surface area contributed by atoms with Gasteiger partial charge in [-0.05, 0) is 103 Å². The molecule has 17 atom stereocenters. The molecule has 0 radical (unpaired) electrons. The van der Waals surface area contributed by atoms with Crippen LogP contribution in [0.4, 0.5) is 0 Å². The zero-order valence-electron chi connectivity index (χ0n) is 35.7. The summed E-state index contributed by atoms with van der Waals surface area (Å²) in [5, 5.41) is 20.9. The van der Waals surface area contributed by atoms with Crippen LogP contribution in [0.5, 0.6) is 0 Å². The maximum Gasteiger partial charge on any atom is 0.309 e. The van der Waals surface area contributed by atoms with Crippen LogP contribution in [0.1, 0.15) is 140 Å². The van der Waals surface area contributed by atoms with E-state index in [0.717, 1.165) is 6.42 Å². The van der Waals surface area contributed by atoms with E-state index in [1.165, 1.54) is 6.92 Å². The number of carboxylic acid groups (broad SMARTS) is 1. The normalized spacial score (nSPS) is 43.5. The third-order valence-electron chi connectivity index (χ3n) is 14.5. The lowest BCUT2D eigenvalue weighted by Crippen LogP contribution is -2.63. The quantitative estimate of drug-likeness (QED) is 0.112. The maximum atomic E-state index is 14.5. The van der Waals surface area contributed by atoms with Gasteiger partial charge in [0, 0.05) is 31.1 Å². The van der Waals surface area contributed by atoms with Crippen molar-refractivity contribution < 1.29 is 57.8 Å². The summed E-state index contributed by atoms with van der Waals surface area (Å²) in [6.45, 7) is 20.6. The number of hydrogen-bond donors (Lipinski definition) is 2. The number of aliphatic hydroxyl groups is 1. The highest BCUT2D eigenvalue weighted by Gasteiger charge is 2.64. The smallest absolute Gasteiger partial charge is 0.309 e. The second-order valence-corrected chi connectivity index (χ2v) is 18.3. The van der Waals surface area contributed by atoms with Crippen LogP contribution in [0.25, 0.3) is 0 Å². The topological polar surface area (TPSA) is 164 Å². The number of hydrogen-bond acceptors (Lipinski definition) is 11. The number of ether oxygens (including phenoxy) is 6. The van der Waals surface area contributed by atoms with Crippen molar-refractivity contribution >= 4 is 23.5 Å². The molecule has 12 heteroatoms. The highest BCUT2D eigenvalue weighted by Crippen LogP contribution is 2.54. The molecule has 0 bridgehead atoms. The molecule has 5 aliphatic rings. The van der Waals surface area contributed by atoms with Crippen LogP contribution in [-0.4, -0.2) is 93.1 Å². The summed E-state index contributed by atoms with van der Waals surface area (Å²) in [4.78, 5) is 53.0. The largest absolute Gasteiger partial charge is 0.481 e. The van der Waals surface area contributed by atoms with Gasteiger partial charge in [-0.15, -0.1) is 0 Å². The Morgan fingerprint density at radius 1 is 0.857 bits per heavy atom. The lowest BCUT2D eigenvalue weighted by Gasteiger charge is -2.54. The van der Waals surface area contributed by atoms with Crippen molar-refractivity contribution in [3.05, 3.63) is 12.2 Å². The van der Waals surface area contributed by atoms with Crippen molar-refractivity contribution in [1.82, 2.24) is 0 Å². The number of aliphatic carboxylic acids is 1. The SMILES string of the molecule is CC[C@@H](C(=O)[C@@H](C)C(=O)[C@H](C)[C@@H]1O[C@@H]([C@@H](CC)C(=O)O)CC[C@@H]1C)[C@H]1O[C@]2(C=C[C@@H](OC(C)=O)[C@]3(CC[C@@](C)([C@H]4CC[C@](O)(CC)[C@H](C)O4)O3)O2)[C@H](C)C[C@@H]1C. The number of Topliss-reactive ketones (excluding diaryl/α,β-unsaturated/α-hetero) is 2. The van der Waals surface area contributed by atoms with Crippen LogP contribution < -0.4 is 0 Å². The van der Waals surface area contributed by atoms with Crippen molar-refractivity contribution in [3.8, 4) is 0 Å². The Bertz CT molecular complexity index is 1480. The monoisotopic (exact) mass is 790 g/mol. The van der Waals surface area contributed by atoms with E-state index < -0.39 is 88.9 Å². The third kappa shape index (κ3) is 8.44. The fraction of sp³-hybridized carbons (Fsp3) is 0.864. The summed E-state index contributed by atoms with van der Waals surface area (Å²) in [6, 6.07) is 0. The molecular weight excluding hydrogens is 720 g/mol. The Kier molecular flexibility index (Phi) is 13.8. The maximum absolute atomic E-state index is 14.5. The molecule has 0 aromatic rings. The molecule has 5 heterocycles. The van der Waals surface area contributed by atoms with Crippen LogP contribution in [-0.2, 0) is 47.6 Å². The second-order valence-electron chi connectivity index (χ2n) is 18.3. The average molecular weight is 791 g/mol. The van der Waals surface area contributed by atoms with E-state index in [1.807, 2.05) is 54.5 Å². The first-order valence-corrected chi connectivity index (χ1v) is 21.5. The van der Waals surface area contributed by atoms with Gasteiger partial charge in [0.25, 0.3) is 0 Å². The molecule has 0 aromatic heterocycles. The molecular formula is C44H70O12. The molecule has 0 aliphatic carbocycles. The fourth-order valence-corrected chi connectivity index (χ4v) is 10.6. The first-order valence-electron chi connectivity index (χ1n) is 21.5. The van der Waals surface area contributed by atoms with E-state index >= 15 is 0 Å². The molecule has 4 saturated heterocycles. The van der Waals surface area contributed by atoms with Crippen molar-refractivity contribution in [2.75, 3.05) is 0 Å². The molecule has 4 fully saturated rings. The van der Waals surface area contributed by atoms with E-state index in [2.05, 4.69) is 6.92 Å². The first kappa shape index (κ1) is 44.9. The molecule has 5 rings (SSSR count). The molecule has 2 spiro atoms. The molecule has 56 heavy (non-hydrogen) atoms. The van der Waals surface area contributed by atoms with Crippen LogP contribution in [0.3, 0.4) is 0 Å². The van der Waals surface area contributed by atoms with Gasteiger partial charge in [-0.3, -0.25) is 19.2 Å². The van der Waals surface area contributed by atoms with Crippen molar-refractivity contribution in [1.29, 1.82) is 0 Å². The van der Waals surface area contributed by atoms with Gasteiger partial charge in [-0.2, -0.15) is 0 Å². The standard InChI is InChI=1S/C44H70O12/c1-12-31(40(48)49)33-16-15-24(4)38(53-33)28(8)36(46)27(7)37(47)32(13-2)39-25(5)23-26(6)43(54-39)20-18-35(52-30(10)45)44(56-43)22-21-41(11,55-44)34-17-19-42(50,14-3)29(9)51-34/h18,20,24-29,31-35,38-39,50H,12-17,19,21-23H2,1-11H3,(H,48,49)/t24-,25-,26+,27-,28-,29-,31+,32-,33+,34+,35+,38+,39-,41-,42+,43-,44-/m0/s1. The van der Waals surface area contributed by atoms with Gasteiger partial charge in [0.05, 0.1) is 53.6 Å². The zero-order chi connectivity index (χ0) is 41.5. The van der Waals surface area contributed by atoms with Crippen LogP contribution >= 0.6 is 0 Å². The van der Waals surface area contributed by atoms with E-state index in [1.54, 1.807) is 19.9 Å². The summed E-state index contributed by atoms with van der Waals surface area (Å²) in [6.07, 6.45) is 6.08. The van der Waals surface area contributed by atoms with Gasteiger partial charge in [0.2, 0.25) is 5.79 Å². The molecule has 5 aliphatic heterocycles. The van der Waals surface area contributed by atoms with E-state index in [0.29, 0.717) is 57.8 Å². The van der Waals surface area contributed by atoms with Crippen molar-refractivity contribution in [2.24, 2.45) is 41.4 Å². The lowest BCUT2D eigenvalue weighted by molar-refractivity contribution is -0.409. The van der Waals surface area contributed by atoms with E-state index in [-0.39, 0.29) is 35.4 Å². The minimum absolute atomic E-state index is 0.0366. The number of carbonyl (C=O) groups excluding carboxylic acids is 3. The summed E-state index contributed by atoms with van der Waals surface area (Å²) in [7, 11) is 0. The fourth-order valence-electron chi connectivity index (χ4n) is 10.6. The molecule has 0 amide bonds. The van der Waals surface area contributed by atoms with Gasteiger partial charge < -0.3 is 38.6 Å². The molecule has 0 saturated carbocycles. The number of ketones is 2. The lowest BCUT2D eigenvalue weighted by atomic mass is 9.73. The number of rotatable bonds is 13. The molecule has 0 aromatic carbocycles. The van der Waals surface area contributed by atoms with Gasteiger partial charge in [0.1, 0.15) is 11.6 Å². The zero-order valence-corrected chi connectivity index (χ0v) is 35.7. The molecule has 0 unspecified atom stereocenters. The average Bonchev–Trinajstić information content (AvgIpc) is 3.49. The molecule has 12 nitrogen and oxygen atoms in total. The molecule has 318 valence electrons. The number of esters is 1. The Balaban J connectivity index is 1.36. The minimum Gasteiger partial charge on any atom is -0.481 e. The predicted molar refractivity (Wildman–Crippen MR) is 207 cm³/mol. The van der Waals surface area contributed by atoms with Gasteiger partial charge in [0.15, 0.2) is 11.9 Å². The van der Waals surface area contributed by atoms with Crippen molar-refractivity contribution in [2.45, 2.75) is 200 Å². The minimum atomic E-state index is -1.39. The summed E-state index contributed by atoms with van der Waals surface area (Å²) in [5.74, 6) is -7.45. The van der Waals surface area contributed by atoms with Crippen LogP contribution in [0.2, 0.25) is 0 Å². The summed E-state index contributed by atoms with van der Waals surface area (Å²) < 4.78 is 39.7. The van der Waals surface area contributed by atoms with Crippen molar-refractivity contribution in [3.63, 3.8) is 0 Å². The van der Waals surface area contributed by atoms with E-state index in [4.69, 9.17) is 28.4 Å². The highest BCUT2D eigenvalue weighted by molar-refractivity contribution is 6.04. The summed E-state index contributed by atoms with van der Waals surface area (Å²) in [5.41, 5.74) is -1.72. The predicted octanol–water partition coefficient (Wildman–Crippen LogP) is 6.97. The Morgan fingerprint density at radius 2 is 1.54 bits per heavy atom. The first-order chi connectivity index (χ1) is 26.2. The summed E-state index contributed by atoms with van der Waals surface area (Å²) >= 11 is 0. The second kappa shape index (κ2) is 17.2. The Hall–Kier alpha value is -2.22. The van der Waals surface area contributed by atoms with Crippen LogP contribution in [0, 0.1) is 41.4 Å². The van der Waals surface area contributed by atoms with Gasteiger partial charge >= 0.3 is 11.9 Å². The molecule has 2 N–H and O–H groups in total. The Morgan fingerprint density at radius 3 is 2.12 bits per heavy atom. The third-order valence-corrected chi connectivity index (χ3v) is 14.5. The Labute approximate surface area is 334 Å². The number of carbonyl (C=O) groups is 4.